The van der Waals surface area contributed by atoms with Crippen molar-refractivity contribution in [3.63, 3.8) is 0 Å². The molecule has 2 heterocycles. The first-order chi connectivity index (χ1) is 8.47. The Morgan fingerprint density at radius 3 is 3.06 bits per heavy atom. The summed E-state index contributed by atoms with van der Waals surface area (Å²) in [5.74, 6) is -0.655. The summed E-state index contributed by atoms with van der Waals surface area (Å²) in [4.78, 5) is 3.90. The summed E-state index contributed by atoms with van der Waals surface area (Å²) in [6, 6.07) is 1.64. The lowest BCUT2D eigenvalue weighted by molar-refractivity contribution is -0.0680. The van der Waals surface area contributed by atoms with Gasteiger partial charge in [0.2, 0.25) is 0 Å². The van der Waals surface area contributed by atoms with Gasteiger partial charge in [0.05, 0.1) is 24.4 Å². The predicted molar refractivity (Wildman–Crippen MR) is 65.4 cm³/mol. The molecule has 1 aliphatic heterocycles. The van der Waals surface area contributed by atoms with Gasteiger partial charge in [-0.2, -0.15) is 0 Å². The van der Waals surface area contributed by atoms with Gasteiger partial charge in [-0.25, -0.2) is 4.39 Å². The Morgan fingerprint density at radius 1 is 1.67 bits per heavy atom. The van der Waals surface area contributed by atoms with Gasteiger partial charge in [-0.1, -0.05) is 0 Å². The molecule has 1 aromatic rings. The molecule has 0 saturated carbocycles. The Morgan fingerprint density at radius 2 is 2.39 bits per heavy atom. The molecule has 1 saturated heterocycles. The third-order valence-corrected chi connectivity index (χ3v) is 3.67. The van der Waals surface area contributed by atoms with Crippen LogP contribution in [0.2, 0.25) is 0 Å². The van der Waals surface area contributed by atoms with Gasteiger partial charge in [-0.15, -0.1) is 0 Å². The Balaban J connectivity index is 2.42. The van der Waals surface area contributed by atoms with Gasteiger partial charge in [0.1, 0.15) is 5.82 Å². The highest BCUT2D eigenvalue weighted by Gasteiger charge is 2.43. The van der Waals surface area contributed by atoms with Crippen LogP contribution in [0.15, 0.2) is 12.3 Å². The summed E-state index contributed by atoms with van der Waals surface area (Å²) in [5.41, 5.74) is 6.40. The van der Waals surface area contributed by atoms with Crippen LogP contribution >= 0.6 is 0 Å². The fourth-order valence-electron chi connectivity index (χ4n) is 2.51. The first kappa shape index (κ1) is 13.4. The first-order valence-electron chi connectivity index (χ1n) is 6.11. The molecule has 0 radical (unpaired) electrons. The van der Waals surface area contributed by atoms with Gasteiger partial charge in [-0.3, -0.25) is 4.98 Å². The molecular weight excluding hydrogens is 235 g/mol. The van der Waals surface area contributed by atoms with E-state index in [1.807, 2.05) is 6.92 Å². The number of aromatic nitrogens is 1. The number of rotatable bonds is 2. The topological polar surface area (TPSA) is 68.4 Å². The van der Waals surface area contributed by atoms with Crippen molar-refractivity contribution in [1.82, 2.24) is 4.98 Å². The van der Waals surface area contributed by atoms with Crippen molar-refractivity contribution in [3.05, 3.63) is 29.3 Å². The molecule has 0 amide bonds. The summed E-state index contributed by atoms with van der Waals surface area (Å²) >= 11 is 0. The van der Waals surface area contributed by atoms with Crippen LogP contribution in [0.3, 0.4) is 0 Å². The van der Waals surface area contributed by atoms with Gasteiger partial charge < -0.3 is 15.6 Å². The van der Waals surface area contributed by atoms with Gasteiger partial charge in [0.15, 0.2) is 0 Å². The maximum atomic E-state index is 13.9. The molecule has 0 unspecified atom stereocenters. The van der Waals surface area contributed by atoms with Crippen LogP contribution in [-0.4, -0.2) is 29.4 Å². The smallest absolute Gasteiger partial charge is 0.146 e. The monoisotopic (exact) mass is 254 g/mol. The second-order valence-corrected chi connectivity index (χ2v) is 5.08. The molecule has 1 aromatic heterocycles. The second-order valence-electron chi connectivity index (χ2n) is 5.08. The summed E-state index contributed by atoms with van der Waals surface area (Å²) in [6.07, 6.45) is 1.82. The summed E-state index contributed by atoms with van der Waals surface area (Å²) in [7, 11) is 0. The van der Waals surface area contributed by atoms with Crippen molar-refractivity contribution in [2.45, 2.75) is 31.9 Å². The van der Waals surface area contributed by atoms with E-state index in [-0.39, 0.29) is 25.2 Å². The average Bonchev–Trinajstić information content (AvgIpc) is 2.35. The molecule has 0 aliphatic carbocycles. The number of aryl methyl sites for hydroxylation is 1. The van der Waals surface area contributed by atoms with E-state index < -0.39 is 11.4 Å². The quantitative estimate of drug-likeness (QED) is 0.829. The molecule has 1 aliphatic rings. The van der Waals surface area contributed by atoms with Gasteiger partial charge >= 0.3 is 0 Å². The Bertz CT molecular complexity index is 441. The van der Waals surface area contributed by atoms with E-state index in [1.165, 1.54) is 6.20 Å². The second kappa shape index (κ2) is 4.91. The van der Waals surface area contributed by atoms with E-state index in [2.05, 4.69) is 4.98 Å². The third kappa shape index (κ3) is 2.25. The largest absolute Gasteiger partial charge is 0.396 e. The summed E-state index contributed by atoms with van der Waals surface area (Å²) in [5, 5.41) is 9.49. The standard InChI is InChI=1S/C13H19FN2O2/c1-8-3-11(12(14)5-16-8)13(15)7-18-9(2)4-10(13)6-17/h3,5,9-10,17H,4,6-7,15H2,1-2H3/t9-,10-,13-/m0/s1. The van der Waals surface area contributed by atoms with Gasteiger partial charge in [0.25, 0.3) is 0 Å². The van der Waals surface area contributed by atoms with Gasteiger partial charge in [-0.05, 0) is 26.3 Å². The molecule has 3 atom stereocenters. The third-order valence-electron chi connectivity index (χ3n) is 3.67. The number of nitrogens with zero attached hydrogens (tertiary/aromatic N) is 1. The molecule has 0 aromatic carbocycles. The molecule has 3 N–H and O–H groups in total. The van der Waals surface area contributed by atoms with Crippen LogP contribution in [0.4, 0.5) is 4.39 Å². The van der Waals surface area contributed by atoms with E-state index in [9.17, 15) is 9.50 Å². The van der Waals surface area contributed by atoms with Crippen LogP contribution < -0.4 is 5.73 Å². The fraction of sp³-hybridized carbons (Fsp3) is 0.615. The zero-order valence-corrected chi connectivity index (χ0v) is 10.7. The van der Waals surface area contributed by atoms with E-state index in [0.717, 1.165) is 0 Å². The first-order valence-corrected chi connectivity index (χ1v) is 6.11. The molecule has 0 spiro atoms. The average molecular weight is 254 g/mol. The molecule has 1 fully saturated rings. The number of hydrogen-bond acceptors (Lipinski definition) is 4. The molecule has 4 nitrogen and oxygen atoms in total. The number of aliphatic hydroxyl groups excluding tert-OH is 1. The lowest BCUT2D eigenvalue weighted by Gasteiger charge is -2.43. The summed E-state index contributed by atoms with van der Waals surface area (Å²) < 4.78 is 19.5. The molecule has 5 heteroatoms. The van der Waals surface area contributed by atoms with Crippen molar-refractivity contribution in [2.24, 2.45) is 11.7 Å². The van der Waals surface area contributed by atoms with Crippen LogP contribution in [0, 0.1) is 18.7 Å². The Labute approximate surface area is 106 Å². The van der Waals surface area contributed by atoms with E-state index in [1.54, 1.807) is 13.0 Å². The predicted octanol–water partition coefficient (Wildman–Crippen LogP) is 1.10. The number of ether oxygens (including phenoxy) is 1. The van der Waals surface area contributed by atoms with E-state index in [0.29, 0.717) is 17.7 Å². The maximum absolute atomic E-state index is 13.9. The zero-order chi connectivity index (χ0) is 13.3. The fourth-order valence-corrected chi connectivity index (χ4v) is 2.51. The van der Waals surface area contributed by atoms with E-state index >= 15 is 0 Å². The highest BCUT2D eigenvalue weighted by atomic mass is 19.1. The lowest BCUT2D eigenvalue weighted by Crippen LogP contribution is -2.55. The van der Waals surface area contributed by atoms with Crippen LogP contribution in [0.25, 0.3) is 0 Å². The number of pyridine rings is 1. The van der Waals surface area contributed by atoms with Crippen molar-refractivity contribution in [3.8, 4) is 0 Å². The normalized spacial score (nSPS) is 32.5. The number of nitrogens with two attached hydrogens (primary N) is 1. The minimum Gasteiger partial charge on any atom is -0.396 e. The van der Waals surface area contributed by atoms with Crippen LogP contribution in [0.5, 0.6) is 0 Å². The molecule has 18 heavy (non-hydrogen) atoms. The van der Waals surface area contributed by atoms with Crippen molar-refractivity contribution >= 4 is 0 Å². The van der Waals surface area contributed by atoms with Crippen molar-refractivity contribution in [1.29, 1.82) is 0 Å². The molecule has 100 valence electrons. The number of hydrogen-bond donors (Lipinski definition) is 2. The number of aliphatic hydroxyl groups is 1. The Hall–Kier alpha value is -1.04. The lowest BCUT2D eigenvalue weighted by atomic mass is 9.75. The minimum absolute atomic E-state index is 0.0322. The van der Waals surface area contributed by atoms with Crippen LogP contribution in [-0.2, 0) is 10.3 Å². The molecular formula is C13H19FN2O2. The van der Waals surface area contributed by atoms with Crippen molar-refractivity contribution in [2.75, 3.05) is 13.2 Å². The van der Waals surface area contributed by atoms with Gasteiger partial charge in [0, 0.05) is 23.8 Å². The highest BCUT2D eigenvalue weighted by Crippen LogP contribution is 2.36. The zero-order valence-electron chi connectivity index (χ0n) is 10.7. The Kier molecular flexibility index (Phi) is 3.66. The van der Waals surface area contributed by atoms with Crippen molar-refractivity contribution < 1.29 is 14.2 Å². The highest BCUT2D eigenvalue weighted by molar-refractivity contribution is 5.28. The molecule has 0 bridgehead atoms. The molecule has 2 rings (SSSR count). The summed E-state index contributed by atoms with van der Waals surface area (Å²) in [6.45, 7) is 3.84. The SMILES string of the molecule is Cc1cc([C@]2(N)CO[C@@H](C)C[C@H]2CO)c(F)cn1. The van der Waals surface area contributed by atoms with E-state index in [4.69, 9.17) is 10.5 Å². The number of halogens is 1. The minimum atomic E-state index is -0.987. The maximum Gasteiger partial charge on any atom is 0.146 e. The van der Waals surface area contributed by atoms with Crippen LogP contribution in [0.1, 0.15) is 24.6 Å².